The van der Waals surface area contributed by atoms with Crippen LogP contribution in [-0.4, -0.2) is 26.7 Å². The van der Waals surface area contributed by atoms with Crippen molar-refractivity contribution in [3.8, 4) is 11.5 Å². The number of ether oxygens (including phenoxy) is 2. The molecule has 0 saturated carbocycles. The van der Waals surface area contributed by atoms with E-state index >= 15 is 0 Å². The molecule has 0 spiro atoms. The molecule has 1 amide bonds. The van der Waals surface area contributed by atoms with Crippen molar-refractivity contribution in [2.75, 3.05) is 20.8 Å². The lowest BCUT2D eigenvalue weighted by Crippen LogP contribution is -2.21. The van der Waals surface area contributed by atoms with Crippen LogP contribution >= 0.6 is 0 Å². The fraction of sp³-hybridized carbons (Fsp3) is 0.316. The smallest absolute Gasteiger partial charge is 0.224 e. The van der Waals surface area contributed by atoms with Crippen LogP contribution < -0.4 is 14.8 Å². The van der Waals surface area contributed by atoms with Gasteiger partial charge in [-0.15, -0.1) is 0 Å². The minimum atomic E-state index is -0.0597. The number of rotatable bonds is 5. The van der Waals surface area contributed by atoms with E-state index in [0.717, 1.165) is 12.0 Å². The summed E-state index contributed by atoms with van der Waals surface area (Å²) in [7, 11) is 3.25. The van der Waals surface area contributed by atoms with Crippen LogP contribution in [0.15, 0.2) is 48.5 Å². The van der Waals surface area contributed by atoms with E-state index in [1.165, 1.54) is 5.56 Å². The first kappa shape index (κ1) is 15.4. The molecule has 1 aliphatic rings. The molecule has 1 N–H and O–H groups in total. The van der Waals surface area contributed by atoms with E-state index in [1.807, 2.05) is 36.4 Å². The van der Waals surface area contributed by atoms with Crippen LogP contribution in [0.5, 0.6) is 11.5 Å². The van der Waals surface area contributed by atoms with Gasteiger partial charge < -0.3 is 14.8 Å². The Morgan fingerprint density at radius 3 is 2.48 bits per heavy atom. The zero-order chi connectivity index (χ0) is 16.2. The summed E-state index contributed by atoms with van der Waals surface area (Å²) in [6, 6.07) is 16.0. The number of hydrogen-bond donors (Lipinski definition) is 1. The Bertz CT molecular complexity index is 684. The second kappa shape index (κ2) is 6.73. The van der Waals surface area contributed by atoms with E-state index < -0.39 is 0 Å². The minimum Gasteiger partial charge on any atom is -0.493 e. The Labute approximate surface area is 136 Å². The van der Waals surface area contributed by atoms with E-state index in [4.69, 9.17) is 9.47 Å². The Hall–Kier alpha value is -2.49. The second-order valence-corrected chi connectivity index (χ2v) is 5.76. The number of carbonyl (C=O) groups excluding carboxylic acids is 1. The monoisotopic (exact) mass is 311 g/mol. The third kappa shape index (κ3) is 3.16. The van der Waals surface area contributed by atoms with E-state index in [9.17, 15) is 4.79 Å². The summed E-state index contributed by atoms with van der Waals surface area (Å²) >= 11 is 0. The summed E-state index contributed by atoms with van der Waals surface area (Å²) in [6.07, 6.45) is 0.742. The van der Waals surface area contributed by atoms with Gasteiger partial charge in [0.1, 0.15) is 0 Å². The number of methoxy groups -OCH3 is 2. The Balaban J connectivity index is 1.87. The third-order valence-electron chi connectivity index (χ3n) is 4.45. The van der Waals surface area contributed by atoms with Crippen molar-refractivity contribution in [3.05, 3.63) is 59.7 Å². The van der Waals surface area contributed by atoms with Crippen LogP contribution in [0.3, 0.4) is 0 Å². The van der Waals surface area contributed by atoms with Crippen molar-refractivity contribution in [3.63, 3.8) is 0 Å². The van der Waals surface area contributed by atoms with Crippen molar-refractivity contribution in [1.82, 2.24) is 5.32 Å². The highest BCUT2D eigenvalue weighted by molar-refractivity contribution is 5.82. The third-order valence-corrected chi connectivity index (χ3v) is 4.45. The predicted octanol–water partition coefficient (Wildman–Crippen LogP) is 2.78. The molecule has 23 heavy (non-hydrogen) atoms. The van der Waals surface area contributed by atoms with Gasteiger partial charge in [-0.3, -0.25) is 4.79 Å². The molecular weight excluding hydrogens is 290 g/mol. The normalized spacial score (nSPS) is 20.2. The number of carbonyl (C=O) groups is 1. The maximum Gasteiger partial charge on any atom is 0.224 e. The van der Waals surface area contributed by atoms with Gasteiger partial charge in [0.25, 0.3) is 0 Å². The lowest BCUT2D eigenvalue weighted by atomic mass is 9.84. The molecule has 1 saturated heterocycles. The zero-order valence-electron chi connectivity index (χ0n) is 13.4. The molecule has 0 bridgehead atoms. The first-order valence-corrected chi connectivity index (χ1v) is 7.76. The van der Waals surface area contributed by atoms with Crippen molar-refractivity contribution in [2.24, 2.45) is 5.92 Å². The van der Waals surface area contributed by atoms with Crippen molar-refractivity contribution in [2.45, 2.75) is 12.3 Å². The zero-order valence-corrected chi connectivity index (χ0v) is 13.4. The quantitative estimate of drug-likeness (QED) is 0.923. The summed E-state index contributed by atoms with van der Waals surface area (Å²) in [5.41, 5.74) is 2.28. The molecule has 3 rings (SSSR count). The first-order chi connectivity index (χ1) is 11.2. The van der Waals surface area contributed by atoms with Crippen molar-refractivity contribution >= 4 is 5.91 Å². The molecule has 4 heteroatoms. The highest BCUT2D eigenvalue weighted by Gasteiger charge is 2.35. The maximum atomic E-state index is 12.3. The average Bonchev–Trinajstić information content (AvgIpc) is 2.96. The molecule has 0 radical (unpaired) electrons. The minimum absolute atomic E-state index is 0.0597. The molecule has 120 valence electrons. The van der Waals surface area contributed by atoms with Gasteiger partial charge in [0.15, 0.2) is 11.5 Å². The van der Waals surface area contributed by atoms with Crippen LogP contribution in [0.25, 0.3) is 0 Å². The lowest BCUT2D eigenvalue weighted by Gasteiger charge is -2.19. The summed E-state index contributed by atoms with van der Waals surface area (Å²) in [6.45, 7) is 0.659. The number of amides is 1. The van der Waals surface area contributed by atoms with E-state index in [-0.39, 0.29) is 17.7 Å². The molecule has 2 atom stereocenters. The SMILES string of the molecule is COc1ccc([C@H]2CNC(=O)[C@@H]2Cc2ccccc2)cc1OC. The highest BCUT2D eigenvalue weighted by atomic mass is 16.5. The molecule has 1 aliphatic heterocycles. The molecule has 0 aliphatic carbocycles. The lowest BCUT2D eigenvalue weighted by molar-refractivity contribution is -0.122. The van der Waals surface area contributed by atoms with Gasteiger partial charge in [-0.05, 0) is 29.7 Å². The van der Waals surface area contributed by atoms with E-state index in [2.05, 4.69) is 17.4 Å². The van der Waals surface area contributed by atoms with Crippen LogP contribution in [-0.2, 0) is 11.2 Å². The van der Waals surface area contributed by atoms with Gasteiger partial charge in [-0.1, -0.05) is 36.4 Å². The number of hydrogen-bond acceptors (Lipinski definition) is 3. The number of benzene rings is 2. The topological polar surface area (TPSA) is 47.6 Å². The number of nitrogens with one attached hydrogen (secondary N) is 1. The molecular formula is C19H21NO3. The second-order valence-electron chi connectivity index (χ2n) is 5.76. The molecule has 2 aromatic rings. The molecule has 1 heterocycles. The van der Waals surface area contributed by atoms with E-state index in [0.29, 0.717) is 18.0 Å². The van der Waals surface area contributed by atoms with Gasteiger partial charge in [-0.2, -0.15) is 0 Å². The van der Waals surface area contributed by atoms with Gasteiger partial charge in [0.2, 0.25) is 5.91 Å². The first-order valence-electron chi connectivity index (χ1n) is 7.76. The van der Waals surface area contributed by atoms with Crippen LogP contribution in [0, 0.1) is 5.92 Å². The molecule has 2 aromatic carbocycles. The molecule has 4 nitrogen and oxygen atoms in total. The van der Waals surface area contributed by atoms with Crippen molar-refractivity contribution in [1.29, 1.82) is 0 Å². The summed E-state index contributed by atoms with van der Waals surface area (Å²) in [5, 5.41) is 2.99. The maximum absolute atomic E-state index is 12.3. The fourth-order valence-electron chi connectivity index (χ4n) is 3.20. The Morgan fingerprint density at radius 1 is 1.04 bits per heavy atom. The molecule has 0 aromatic heterocycles. The van der Waals surface area contributed by atoms with Crippen LogP contribution in [0.1, 0.15) is 17.0 Å². The van der Waals surface area contributed by atoms with Gasteiger partial charge in [-0.25, -0.2) is 0 Å². The summed E-state index contributed by atoms with van der Waals surface area (Å²) in [4.78, 5) is 12.3. The fourth-order valence-corrected chi connectivity index (χ4v) is 3.20. The summed E-state index contributed by atoms with van der Waals surface area (Å²) < 4.78 is 10.7. The van der Waals surface area contributed by atoms with Gasteiger partial charge in [0, 0.05) is 12.5 Å². The Kier molecular flexibility index (Phi) is 4.51. The molecule has 1 fully saturated rings. The molecule has 0 unspecified atom stereocenters. The predicted molar refractivity (Wildman–Crippen MR) is 88.9 cm³/mol. The largest absolute Gasteiger partial charge is 0.493 e. The average molecular weight is 311 g/mol. The van der Waals surface area contributed by atoms with E-state index in [1.54, 1.807) is 14.2 Å². The highest BCUT2D eigenvalue weighted by Crippen LogP contribution is 2.36. The van der Waals surface area contributed by atoms with Crippen LogP contribution in [0.2, 0.25) is 0 Å². The van der Waals surface area contributed by atoms with Gasteiger partial charge >= 0.3 is 0 Å². The van der Waals surface area contributed by atoms with Crippen LogP contribution in [0.4, 0.5) is 0 Å². The Morgan fingerprint density at radius 2 is 1.78 bits per heavy atom. The van der Waals surface area contributed by atoms with Crippen molar-refractivity contribution < 1.29 is 14.3 Å². The standard InChI is InChI=1S/C19H21NO3/c1-22-17-9-8-14(11-18(17)23-2)16-12-20-19(21)15(16)10-13-6-4-3-5-7-13/h3-9,11,15-16H,10,12H2,1-2H3,(H,20,21)/t15-,16-/m1/s1. The summed E-state index contributed by atoms with van der Waals surface area (Å²) in [5.74, 6) is 1.60. The van der Waals surface area contributed by atoms with Gasteiger partial charge in [0.05, 0.1) is 20.1 Å².